The fraction of sp³-hybridized carbons (Fsp3) is 1.00. The van der Waals surface area contributed by atoms with Crippen LogP contribution in [0.3, 0.4) is 0 Å². The van der Waals surface area contributed by atoms with E-state index < -0.39 is 0 Å². The van der Waals surface area contributed by atoms with E-state index in [2.05, 4.69) is 31.0 Å². The molecule has 12 heavy (non-hydrogen) atoms. The third kappa shape index (κ3) is 3.55. The van der Waals surface area contributed by atoms with Crippen LogP contribution in [0.1, 0.15) is 34.6 Å². The normalized spacial score (nSPS) is 25.0. The van der Waals surface area contributed by atoms with Crippen molar-refractivity contribution in [3.63, 3.8) is 0 Å². The van der Waals surface area contributed by atoms with Crippen LogP contribution in [0, 0.1) is 0 Å². The van der Waals surface area contributed by atoms with E-state index in [-0.39, 0.29) is 0 Å². The lowest BCUT2D eigenvalue weighted by atomic mass is 10.2. The Kier molecular flexibility index (Phi) is 6.39. The Morgan fingerprint density at radius 2 is 1.92 bits per heavy atom. The van der Waals surface area contributed by atoms with Crippen molar-refractivity contribution < 1.29 is 0 Å². The smallest absolute Gasteiger partial charge is 0.0195 e. The van der Waals surface area contributed by atoms with Crippen LogP contribution in [0.5, 0.6) is 0 Å². The summed E-state index contributed by atoms with van der Waals surface area (Å²) in [5.74, 6) is 0. The van der Waals surface area contributed by atoms with Gasteiger partial charge >= 0.3 is 0 Å². The molecule has 1 fully saturated rings. The highest BCUT2D eigenvalue weighted by Crippen LogP contribution is 2.06. The van der Waals surface area contributed by atoms with Gasteiger partial charge in [0.1, 0.15) is 0 Å². The molecule has 1 N–H and O–H groups in total. The summed E-state index contributed by atoms with van der Waals surface area (Å²) in [6.07, 6.45) is 0. The fourth-order valence-electron chi connectivity index (χ4n) is 1.62. The van der Waals surface area contributed by atoms with Crippen LogP contribution >= 0.6 is 0 Å². The van der Waals surface area contributed by atoms with Gasteiger partial charge in [-0.3, -0.25) is 4.90 Å². The Morgan fingerprint density at radius 1 is 1.33 bits per heavy atom. The first-order valence-electron chi connectivity index (χ1n) is 5.18. The lowest BCUT2D eigenvalue weighted by molar-refractivity contribution is 0.135. The summed E-state index contributed by atoms with van der Waals surface area (Å²) in [5, 5.41) is 3.38. The highest BCUT2D eigenvalue weighted by atomic mass is 15.2. The van der Waals surface area contributed by atoms with E-state index in [0.717, 1.165) is 13.1 Å². The van der Waals surface area contributed by atoms with Crippen molar-refractivity contribution in [1.29, 1.82) is 0 Å². The molecule has 0 aromatic rings. The molecular formula is C10H24N2. The largest absolute Gasteiger partial charge is 0.314 e. The van der Waals surface area contributed by atoms with Gasteiger partial charge in [-0.25, -0.2) is 0 Å². The van der Waals surface area contributed by atoms with E-state index in [1.807, 2.05) is 13.8 Å². The Hall–Kier alpha value is -0.0800. The third-order valence-corrected chi connectivity index (χ3v) is 2.22. The minimum absolute atomic E-state index is 0.706. The molecule has 0 radical (unpaired) electrons. The van der Waals surface area contributed by atoms with E-state index >= 15 is 0 Å². The summed E-state index contributed by atoms with van der Waals surface area (Å²) in [6, 6.07) is 1.42. The summed E-state index contributed by atoms with van der Waals surface area (Å²) >= 11 is 0. The molecule has 0 amide bonds. The van der Waals surface area contributed by atoms with Crippen molar-refractivity contribution in [1.82, 2.24) is 10.2 Å². The minimum Gasteiger partial charge on any atom is -0.314 e. The van der Waals surface area contributed by atoms with Crippen molar-refractivity contribution in [3.05, 3.63) is 0 Å². The average Bonchev–Trinajstić information content (AvgIpc) is 2.08. The zero-order chi connectivity index (χ0) is 9.56. The second-order valence-corrected chi connectivity index (χ2v) is 3.38. The van der Waals surface area contributed by atoms with E-state index in [0.29, 0.717) is 12.1 Å². The average molecular weight is 172 g/mol. The molecule has 0 aliphatic carbocycles. The summed E-state index contributed by atoms with van der Waals surface area (Å²) in [4.78, 5) is 2.54. The van der Waals surface area contributed by atoms with Gasteiger partial charge in [0.2, 0.25) is 0 Å². The van der Waals surface area contributed by atoms with Crippen molar-refractivity contribution in [2.45, 2.75) is 46.7 Å². The molecule has 2 nitrogen and oxygen atoms in total. The number of nitrogens with zero attached hydrogens (tertiary/aromatic N) is 1. The summed E-state index contributed by atoms with van der Waals surface area (Å²) in [6.45, 7) is 14.3. The van der Waals surface area contributed by atoms with Gasteiger partial charge in [0.05, 0.1) is 0 Å². The molecule has 1 atom stereocenters. The van der Waals surface area contributed by atoms with Crippen molar-refractivity contribution in [3.8, 4) is 0 Å². The van der Waals surface area contributed by atoms with Crippen LogP contribution in [0.4, 0.5) is 0 Å². The molecule has 1 aliphatic heterocycles. The van der Waals surface area contributed by atoms with Gasteiger partial charge in [0.25, 0.3) is 0 Å². The maximum absolute atomic E-state index is 3.38. The predicted molar refractivity (Wildman–Crippen MR) is 55.5 cm³/mol. The molecule has 0 saturated carbocycles. The lowest BCUT2D eigenvalue weighted by Gasteiger charge is -2.36. The number of hydrogen-bond acceptors (Lipinski definition) is 2. The second-order valence-electron chi connectivity index (χ2n) is 3.38. The number of hydrogen-bond donors (Lipinski definition) is 1. The van der Waals surface area contributed by atoms with E-state index in [9.17, 15) is 0 Å². The zero-order valence-corrected chi connectivity index (χ0v) is 9.22. The van der Waals surface area contributed by atoms with Crippen LogP contribution in [0.2, 0.25) is 0 Å². The molecule has 1 saturated heterocycles. The zero-order valence-electron chi connectivity index (χ0n) is 9.22. The summed E-state index contributed by atoms with van der Waals surface area (Å²) in [7, 11) is 0. The molecule has 1 aliphatic rings. The van der Waals surface area contributed by atoms with Crippen LogP contribution in [0.15, 0.2) is 0 Å². The lowest BCUT2D eigenvalue weighted by Crippen LogP contribution is -2.52. The maximum Gasteiger partial charge on any atom is 0.0195 e. The molecule has 0 aromatic carbocycles. The van der Waals surface area contributed by atoms with Gasteiger partial charge in [-0.15, -0.1) is 0 Å². The third-order valence-electron chi connectivity index (χ3n) is 2.22. The quantitative estimate of drug-likeness (QED) is 0.648. The van der Waals surface area contributed by atoms with Crippen LogP contribution in [0.25, 0.3) is 0 Å². The molecule has 1 unspecified atom stereocenters. The van der Waals surface area contributed by atoms with E-state index in [1.54, 1.807) is 0 Å². The first kappa shape index (κ1) is 11.9. The Labute approximate surface area is 77.3 Å². The van der Waals surface area contributed by atoms with Crippen LogP contribution in [-0.2, 0) is 0 Å². The van der Waals surface area contributed by atoms with Gasteiger partial charge in [-0.2, -0.15) is 0 Å². The number of rotatable bonds is 1. The molecular weight excluding hydrogens is 148 g/mol. The molecule has 0 spiro atoms. The topological polar surface area (TPSA) is 15.3 Å². The van der Waals surface area contributed by atoms with E-state index in [4.69, 9.17) is 0 Å². The van der Waals surface area contributed by atoms with Gasteiger partial charge in [-0.05, 0) is 20.8 Å². The van der Waals surface area contributed by atoms with Gasteiger partial charge in [0.15, 0.2) is 0 Å². The molecule has 1 rings (SSSR count). The minimum atomic E-state index is 0.706. The van der Waals surface area contributed by atoms with Gasteiger partial charge in [-0.1, -0.05) is 13.8 Å². The molecule has 0 aromatic heterocycles. The summed E-state index contributed by atoms with van der Waals surface area (Å²) < 4.78 is 0. The second kappa shape index (κ2) is 6.44. The number of nitrogens with one attached hydrogen (secondary N) is 1. The van der Waals surface area contributed by atoms with Crippen molar-refractivity contribution in [2.24, 2.45) is 0 Å². The standard InChI is InChI=1S/C8H18N2.C2H6/c1-7(2)10-5-4-9-6-8(10)3;1-2/h7-9H,4-6H2,1-3H3;1-2H3. The molecule has 1 heterocycles. The molecule has 0 bridgehead atoms. The first-order chi connectivity index (χ1) is 5.72. The molecule has 74 valence electrons. The first-order valence-corrected chi connectivity index (χ1v) is 5.18. The Morgan fingerprint density at radius 3 is 2.25 bits per heavy atom. The van der Waals surface area contributed by atoms with Crippen LogP contribution in [-0.4, -0.2) is 36.6 Å². The van der Waals surface area contributed by atoms with Crippen molar-refractivity contribution in [2.75, 3.05) is 19.6 Å². The predicted octanol–water partition coefficient (Wildman–Crippen LogP) is 1.71. The Bertz CT molecular complexity index is 102. The SMILES string of the molecule is CC.CC(C)N1CCNCC1C. The summed E-state index contributed by atoms with van der Waals surface area (Å²) in [5.41, 5.74) is 0. The van der Waals surface area contributed by atoms with Crippen LogP contribution < -0.4 is 5.32 Å². The monoisotopic (exact) mass is 172 g/mol. The van der Waals surface area contributed by atoms with Crippen molar-refractivity contribution >= 4 is 0 Å². The highest BCUT2D eigenvalue weighted by Gasteiger charge is 2.19. The number of piperazine rings is 1. The van der Waals surface area contributed by atoms with Gasteiger partial charge in [0, 0.05) is 31.7 Å². The molecule has 2 heteroatoms. The maximum atomic E-state index is 3.38. The fourth-order valence-corrected chi connectivity index (χ4v) is 1.62. The highest BCUT2D eigenvalue weighted by molar-refractivity contribution is 4.77. The Balaban J connectivity index is 0.000000561. The van der Waals surface area contributed by atoms with E-state index in [1.165, 1.54) is 6.54 Å². The van der Waals surface area contributed by atoms with Gasteiger partial charge < -0.3 is 5.32 Å².